The standard InChI is InChI=1S/C18H22ClN3O3S/c1-2-24-18(23)16-17(21-22-20-16)26-13-8-9-14(19)15(10-13)25-11-12-6-4-3-5-7-12/h8-10,12H,2-7,11H2,1H3,(H,20,21,22). The molecule has 0 atom stereocenters. The number of H-pyrrole nitrogens is 1. The number of ether oxygens (including phenoxy) is 2. The number of hydrogen-bond donors (Lipinski definition) is 1. The molecule has 26 heavy (non-hydrogen) atoms. The van der Waals surface area contributed by atoms with Crippen LogP contribution in [0.4, 0.5) is 0 Å². The van der Waals surface area contributed by atoms with E-state index in [0.717, 1.165) is 4.90 Å². The molecule has 1 aromatic carbocycles. The van der Waals surface area contributed by atoms with Gasteiger partial charge in [0.15, 0.2) is 5.03 Å². The lowest BCUT2D eigenvalue weighted by Gasteiger charge is -2.22. The Morgan fingerprint density at radius 2 is 2.12 bits per heavy atom. The van der Waals surface area contributed by atoms with Crippen molar-refractivity contribution in [3.05, 3.63) is 28.9 Å². The molecule has 1 aromatic heterocycles. The first kappa shape index (κ1) is 19.0. The van der Waals surface area contributed by atoms with Gasteiger partial charge in [-0.25, -0.2) is 4.79 Å². The molecule has 8 heteroatoms. The van der Waals surface area contributed by atoms with Crippen molar-refractivity contribution in [3.63, 3.8) is 0 Å². The van der Waals surface area contributed by atoms with Crippen molar-refractivity contribution in [1.82, 2.24) is 15.4 Å². The first-order valence-electron chi connectivity index (χ1n) is 8.85. The van der Waals surface area contributed by atoms with Crippen LogP contribution in [0, 0.1) is 5.92 Å². The van der Waals surface area contributed by atoms with Crippen LogP contribution in [0.15, 0.2) is 28.1 Å². The van der Waals surface area contributed by atoms with Gasteiger partial charge in [0, 0.05) is 4.90 Å². The van der Waals surface area contributed by atoms with E-state index in [2.05, 4.69) is 15.4 Å². The van der Waals surface area contributed by atoms with Crippen LogP contribution in [0.25, 0.3) is 0 Å². The van der Waals surface area contributed by atoms with Gasteiger partial charge in [0.1, 0.15) is 5.75 Å². The lowest BCUT2D eigenvalue weighted by atomic mass is 9.90. The minimum absolute atomic E-state index is 0.177. The normalized spacial score (nSPS) is 15.0. The molecule has 6 nitrogen and oxygen atoms in total. The van der Waals surface area contributed by atoms with Gasteiger partial charge in [0.2, 0.25) is 5.69 Å². The molecule has 0 radical (unpaired) electrons. The zero-order valence-corrected chi connectivity index (χ0v) is 16.2. The largest absolute Gasteiger partial charge is 0.492 e. The lowest BCUT2D eigenvalue weighted by Crippen LogP contribution is -2.15. The monoisotopic (exact) mass is 395 g/mol. The maximum Gasteiger partial charge on any atom is 0.361 e. The van der Waals surface area contributed by atoms with E-state index in [4.69, 9.17) is 21.1 Å². The molecule has 0 saturated heterocycles. The van der Waals surface area contributed by atoms with Crippen LogP contribution >= 0.6 is 23.4 Å². The highest BCUT2D eigenvalue weighted by atomic mass is 35.5. The fourth-order valence-electron chi connectivity index (χ4n) is 2.96. The molecule has 1 saturated carbocycles. The lowest BCUT2D eigenvalue weighted by molar-refractivity contribution is 0.0515. The topological polar surface area (TPSA) is 77.1 Å². The fraction of sp³-hybridized carbons (Fsp3) is 0.500. The minimum atomic E-state index is -0.494. The summed E-state index contributed by atoms with van der Waals surface area (Å²) in [4.78, 5) is 12.8. The number of benzene rings is 1. The van der Waals surface area contributed by atoms with E-state index in [1.165, 1.54) is 43.9 Å². The Morgan fingerprint density at radius 3 is 2.88 bits per heavy atom. The van der Waals surface area contributed by atoms with Gasteiger partial charge in [-0.05, 0) is 43.9 Å². The highest BCUT2D eigenvalue weighted by Gasteiger charge is 2.19. The summed E-state index contributed by atoms with van der Waals surface area (Å²) in [6.07, 6.45) is 6.31. The van der Waals surface area contributed by atoms with Crippen LogP contribution in [0.3, 0.4) is 0 Å². The van der Waals surface area contributed by atoms with Gasteiger partial charge in [-0.2, -0.15) is 5.21 Å². The first-order chi connectivity index (χ1) is 12.7. The number of nitrogens with one attached hydrogen (secondary N) is 1. The van der Waals surface area contributed by atoms with Crippen LogP contribution in [0.1, 0.15) is 49.5 Å². The van der Waals surface area contributed by atoms with E-state index in [1.807, 2.05) is 12.1 Å². The van der Waals surface area contributed by atoms with Crippen LogP contribution in [0.2, 0.25) is 5.02 Å². The first-order valence-corrected chi connectivity index (χ1v) is 10.0. The molecule has 1 aliphatic rings. The van der Waals surface area contributed by atoms with Gasteiger partial charge in [-0.3, -0.25) is 0 Å². The van der Waals surface area contributed by atoms with E-state index in [-0.39, 0.29) is 12.3 Å². The predicted molar refractivity (Wildman–Crippen MR) is 100.0 cm³/mol. The number of aromatic nitrogens is 3. The molecule has 0 bridgehead atoms. The Bertz CT molecular complexity index is 747. The Kier molecular flexibility index (Phi) is 6.80. The van der Waals surface area contributed by atoms with Crippen molar-refractivity contribution in [1.29, 1.82) is 0 Å². The second-order valence-electron chi connectivity index (χ2n) is 6.21. The number of aromatic amines is 1. The summed E-state index contributed by atoms with van der Waals surface area (Å²) in [6, 6.07) is 5.54. The minimum Gasteiger partial charge on any atom is -0.492 e. The van der Waals surface area contributed by atoms with E-state index in [0.29, 0.717) is 28.3 Å². The summed E-state index contributed by atoms with van der Waals surface area (Å²) in [6.45, 7) is 2.72. The van der Waals surface area contributed by atoms with Gasteiger partial charge in [0.25, 0.3) is 0 Å². The molecule has 3 rings (SSSR count). The van der Waals surface area contributed by atoms with E-state index >= 15 is 0 Å². The number of carbonyl (C=O) groups is 1. The molecule has 0 aliphatic heterocycles. The Balaban J connectivity index is 1.67. The number of carbonyl (C=O) groups excluding carboxylic acids is 1. The summed E-state index contributed by atoms with van der Waals surface area (Å²) in [5.74, 6) is 0.761. The Hall–Kier alpha value is -1.73. The predicted octanol–water partition coefficient (Wildman–Crippen LogP) is 4.75. The smallest absolute Gasteiger partial charge is 0.361 e. The Morgan fingerprint density at radius 1 is 1.31 bits per heavy atom. The zero-order chi connectivity index (χ0) is 18.4. The SMILES string of the molecule is CCOC(=O)c1n[nH]nc1Sc1ccc(Cl)c(OCC2CCCCC2)c1. The van der Waals surface area contributed by atoms with Gasteiger partial charge in [-0.15, -0.1) is 10.2 Å². The van der Waals surface area contributed by atoms with Crippen LogP contribution < -0.4 is 4.74 Å². The van der Waals surface area contributed by atoms with Gasteiger partial charge >= 0.3 is 5.97 Å². The van der Waals surface area contributed by atoms with Crippen molar-refractivity contribution < 1.29 is 14.3 Å². The third kappa shape index (κ3) is 4.92. The van der Waals surface area contributed by atoms with Crippen molar-refractivity contribution in [3.8, 4) is 5.75 Å². The quantitative estimate of drug-likeness (QED) is 0.682. The molecule has 0 amide bonds. The Labute approximate surface area is 162 Å². The van der Waals surface area contributed by atoms with Crippen molar-refractivity contribution in [2.75, 3.05) is 13.2 Å². The molecule has 0 unspecified atom stereocenters. The number of esters is 1. The molecule has 140 valence electrons. The third-order valence-electron chi connectivity index (χ3n) is 4.30. The molecule has 0 spiro atoms. The molecular formula is C18H22ClN3O3S. The molecule has 1 N–H and O–H groups in total. The maximum absolute atomic E-state index is 11.9. The van der Waals surface area contributed by atoms with Gasteiger partial charge in [0.05, 0.1) is 18.2 Å². The van der Waals surface area contributed by atoms with E-state index in [9.17, 15) is 4.79 Å². The number of hydrogen-bond acceptors (Lipinski definition) is 6. The maximum atomic E-state index is 11.9. The summed E-state index contributed by atoms with van der Waals surface area (Å²) in [5, 5.41) is 11.4. The van der Waals surface area contributed by atoms with Crippen molar-refractivity contribution in [2.24, 2.45) is 5.92 Å². The average molecular weight is 396 g/mol. The van der Waals surface area contributed by atoms with Crippen LogP contribution in [-0.4, -0.2) is 34.6 Å². The highest BCUT2D eigenvalue weighted by molar-refractivity contribution is 7.99. The molecule has 1 aliphatic carbocycles. The van der Waals surface area contributed by atoms with Crippen molar-refractivity contribution in [2.45, 2.75) is 48.9 Å². The zero-order valence-electron chi connectivity index (χ0n) is 14.7. The van der Waals surface area contributed by atoms with E-state index < -0.39 is 5.97 Å². The van der Waals surface area contributed by atoms with Crippen molar-refractivity contribution >= 4 is 29.3 Å². The highest BCUT2D eigenvalue weighted by Crippen LogP contribution is 2.35. The molecule has 1 fully saturated rings. The fourth-order valence-corrected chi connectivity index (χ4v) is 3.97. The summed E-state index contributed by atoms with van der Waals surface area (Å²) >= 11 is 7.59. The average Bonchev–Trinajstić information content (AvgIpc) is 3.11. The summed E-state index contributed by atoms with van der Waals surface area (Å²) in [5.41, 5.74) is 0.177. The van der Waals surface area contributed by atoms with E-state index in [1.54, 1.807) is 13.0 Å². The second kappa shape index (κ2) is 9.28. The van der Waals surface area contributed by atoms with Gasteiger partial charge in [-0.1, -0.05) is 42.6 Å². The number of rotatable bonds is 7. The molecule has 2 aromatic rings. The third-order valence-corrected chi connectivity index (χ3v) is 5.58. The summed E-state index contributed by atoms with van der Waals surface area (Å²) in [7, 11) is 0. The molecule has 1 heterocycles. The number of halogens is 1. The van der Waals surface area contributed by atoms with Crippen LogP contribution in [-0.2, 0) is 4.74 Å². The molecular weight excluding hydrogens is 374 g/mol. The number of nitrogens with zero attached hydrogens (tertiary/aromatic N) is 2. The summed E-state index contributed by atoms with van der Waals surface area (Å²) < 4.78 is 11.0. The second-order valence-corrected chi connectivity index (χ2v) is 7.68. The van der Waals surface area contributed by atoms with Crippen LogP contribution in [0.5, 0.6) is 5.75 Å². The van der Waals surface area contributed by atoms with Gasteiger partial charge < -0.3 is 9.47 Å².